The molecule has 0 saturated carbocycles. The van der Waals surface area contributed by atoms with Gasteiger partial charge in [-0.2, -0.15) is 0 Å². The minimum Gasteiger partial charge on any atom is -0.343 e. The number of anilines is 2. The Morgan fingerprint density at radius 2 is 1.71 bits per heavy atom. The molecule has 8 nitrogen and oxygen atoms in total. The zero-order valence-corrected chi connectivity index (χ0v) is 17.7. The molecule has 8 heteroatoms. The lowest BCUT2D eigenvalue weighted by molar-refractivity contribution is -0.132. The molecule has 0 aromatic heterocycles. The van der Waals surface area contributed by atoms with E-state index in [1.165, 1.54) is 11.9 Å². The first-order chi connectivity index (χ1) is 14.8. The number of nitrogens with one attached hydrogen (secondary N) is 2. The Morgan fingerprint density at radius 3 is 2.32 bits per heavy atom. The molecule has 2 aromatic rings. The summed E-state index contributed by atoms with van der Waals surface area (Å²) >= 11 is 0. The summed E-state index contributed by atoms with van der Waals surface area (Å²) in [6.45, 7) is 2.29. The van der Waals surface area contributed by atoms with E-state index in [0.717, 1.165) is 17.7 Å². The van der Waals surface area contributed by atoms with Gasteiger partial charge in [-0.15, -0.1) is 0 Å². The topological polar surface area (TPSA) is 98.8 Å². The quantitative estimate of drug-likeness (QED) is 0.712. The Balaban J connectivity index is 1.45. The third-order valence-electron chi connectivity index (χ3n) is 5.06. The van der Waals surface area contributed by atoms with Gasteiger partial charge in [0.1, 0.15) is 0 Å². The average Bonchev–Trinajstić information content (AvgIpc) is 3.19. The summed E-state index contributed by atoms with van der Waals surface area (Å²) in [4.78, 5) is 51.5. The van der Waals surface area contributed by atoms with Crippen LogP contribution in [0, 0.1) is 6.92 Å². The first-order valence-corrected chi connectivity index (χ1v) is 10.1. The van der Waals surface area contributed by atoms with Crippen LogP contribution < -0.4 is 15.5 Å². The van der Waals surface area contributed by atoms with Gasteiger partial charge in [-0.1, -0.05) is 17.7 Å². The minimum atomic E-state index is -0.398. The van der Waals surface area contributed by atoms with E-state index in [2.05, 4.69) is 10.6 Å². The second-order valence-corrected chi connectivity index (χ2v) is 7.54. The predicted molar refractivity (Wildman–Crippen MR) is 118 cm³/mol. The summed E-state index contributed by atoms with van der Waals surface area (Å²) in [5, 5.41) is 5.29. The summed E-state index contributed by atoms with van der Waals surface area (Å²) in [5.74, 6) is -1.02. The molecule has 1 aliphatic heterocycles. The van der Waals surface area contributed by atoms with Crippen molar-refractivity contribution in [2.24, 2.45) is 0 Å². The number of carbonyl (C=O) groups excluding carboxylic acids is 4. The standard InChI is InChI=1S/C23H26N4O4/c1-16-5-9-18(10-6-16)25-20(28)15-26(2)22(30)14-24-23(31)17-7-11-19(12-8-17)27-13-3-4-21(27)29/h5-12H,3-4,13-15H2,1-2H3,(H,24,31)(H,25,28). The molecule has 0 bridgehead atoms. The third-order valence-corrected chi connectivity index (χ3v) is 5.06. The first-order valence-electron chi connectivity index (χ1n) is 10.1. The number of benzene rings is 2. The van der Waals surface area contributed by atoms with Gasteiger partial charge in [-0.05, 0) is 49.7 Å². The molecule has 3 rings (SSSR count). The Labute approximate surface area is 181 Å². The second kappa shape index (κ2) is 9.88. The number of rotatable bonds is 7. The fourth-order valence-corrected chi connectivity index (χ4v) is 3.25. The second-order valence-electron chi connectivity index (χ2n) is 7.54. The van der Waals surface area contributed by atoms with Crippen LogP contribution in [0.2, 0.25) is 0 Å². The van der Waals surface area contributed by atoms with Crippen LogP contribution in [-0.2, 0) is 14.4 Å². The Morgan fingerprint density at radius 1 is 1.03 bits per heavy atom. The molecule has 2 N–H and O–H groups in total. The number of likely N-dealkylation sites (N-methyl/N-ethyl adjacent to an activating group) is 1. The van der Waals surface area contributed by atoms with Gasteiger partial charge in [-0.25, -0.2) is 0 Å². The predicted octanol–water partition coefficient (Wildman–Crippen LogP) is 1.95. The van der Waals surface area contributed by atoms with Crippen molar-refractivity contribution in [3.05, 3.63) is 59.7 Å². The van der Waals surface area contributed by atoms with Crippen molar-refractivity contribution >= 4 is 35.0 Å². The molecule has 1 aliphatic rings. The molecule has 2 aromatic carbocycles. The molecule has 1 saturated heterocycles. The Bertz CT molecular complexity index is 970. The van der Waals surface area contributed by atoms with Crippen molar-refractivity contribution in [3.63, 3.8) is 0 Å². The molecule has 4 amide bonds. The van der Waals surface area contributed by atoms with Crippen molar-refractivity contribution in [2.75, 3.05) is 36.9 Å². The molecule has 0 aliphatic carbocycles. The van der Waals surface area contributed by atoms with Gasteiger partial charge in [0.25, 0.3) is 5.91 Å². The van der Waals surface area contributed by atoms with Gasteiger partial charge < -0.3 is 20.4 Å². The SMILES string of the molecule is Cc1ccc(NC(=O)CN(C)C(=O)CNC(=O)c2ccc(N3CCCC3=O)cc2)cc1. The number of hydrogen-bond donors (Lipinski definition) is 2. The van der Waals surface area contributed by atoms with Crippen LogP contribution >= 0.6 is 0 Å². The van der Waals surface area contributed by atoms with Crippen LogP contribution in [0.3, 0.4) is 0 Å². The normalized spacial score (nSPS) is 13.1. The lowest BCUT2D eigenvalue weighted by Gasteiger charge is -2.18. The molecule has 31 heavy (non-hydrogen) atoms. The van der Waals surface area contributed by atoms with Crippen molar-refractivity contribution in [2.45, 2.75) is 19.8 Å². The summed E-state index contributed by atoms with van der Waals surface area (Å²) in [7, 11) is 1.51. The zero-order chi connectivity index (χ0) is 22.4. The van der Waals surface area contributed by atoms with Crippen LogP contribution in [0.25, 0.3) is 0 Å². The maximum Gasteiger partial charge on any atom is 0.251 e. The zero-order valence-electron chi connectivity index (χ0n) is 17.7. The summed E-state index contributed by atoms with van der Waals surface area (Å²) < 4.78 is 0. The smallest absolute Gasteiger partial charge is 0.251 e. The van der Waals surface area contributed by atoms with E-state index in [4.69, 9.17) is 0 Å². The molecule has 0 spiro atoms. The van der Waals surface area contributed by atoms with E-state index < -0.39 is 5.91 Å². The van der Waals surface area contributed by atoms with Gasteiger partial charge in [0.2, 0.25) is 17.7 Å². The highest BCUT2D eigenvalue weighted by molar-refractivity contribution is 5.99. The van der Waals surface area contributed by atoms with E-state index in [9.17, 15) is 19.2 Å². The Kier molecular flexibility index (Phi) is 7.02. The highest BCUT2D eigenvalue weighted by atomic mass is 16.2. The third kappa shape index (κ3) is 5.91. The van der Waals surface area contributed by atoms with Crippen LogP contribution in [0.5, 0.6) is 0 Å². The molecule has 0 atom stereocenters. The molecule has 0 radical (unpaired) electrons. The summed E-state index contributed by atoms with van der Waals surface area (Å²) in [6, 6.07) is 14.0. The van der Waals surface area contributed by atoms with Gasteiger partial charge in [0, 0.05) is 37.0 Å². The number of amides is 4. The van der Waals surface area contributed by atoms with Crippen molar-refractivity contribution in [1.29, 1.82) is 0 Å². The van der Waals surface area contributed by atoms with Crippen molar-refractivity contribution < 1.29 is 19.2 Å². The molecule has 1 heterocycles. The number of carbonyl (C=O) groups is 4. The molecule has 1 fully saturated rings. The van der Waals surface area contributed by atoms with E-state index in [0.29, 0.717) is 24.2 Å². The number of hydrogen-bond acceptors (Lipinski definition) is 4. The molecular weight excluding hydrogens is 396 g/mol. The van der Waals surface area contributed by atoms with Gasteiger partial charge >= 0.3 is 0 Å². The highest BCUT2D eigenvalue weighted by Crippen LogP contribution is 2.21. The number of aryl methyl sites for hydroxylation is 1. The summed E-state index contributed by atoms with van der Waals surface area (Å²) in [5.41, 5.74) is 2.89. The Hall–Kier alpha value is -3.68. The maximum atomic E-state index is 12.3. The van der Waals surface area contributed by atoms with Gasteiger partial charge in [0.15, 0.2) is 0 Å². The van der Waals surface area contributed by atoms with Crippen LogP contribution in [0.4, 0.5) is 11.4 Å². The fraction of sp³-hybridized carbons (Fsp3) is 0.304. The molecule has 162 valence electrons. The van der Waals surface area contributed by atoms with E-state index in [1.807, 2.05) is 19.1 Å². The molecule has 0 unspecified atom stereocenters. The van der Waals surface area contributed by atoms with Gasteiger partial charge in [-0.3, -0.25) is 19.2 Å². The van der Waals surface area contributed by atoms with Crippen LogP contribution in [-0.4, -0.2) is 55.2 Å². The summed E-state index contributed by atoms with van der Waals surface area (Å²) in [6.07, 6.45) is 1.38. The van der Waals surface area contributed by atoms with E-state index >= 15 is 0 Å². The van der Waals surface area contributed by atoms with E-state index in [-0.39, 0.29) is 30.8 Å². The monoisotopic (exact) mass is 422 g/mol. The average molecular weight is 422 g/mol. The van der Waals surface area contributed by atoms with Crippen LogP contribution in [0.1, 0.15) is 28.8 Å². The minimum absolute atomic E-state index is 0.0808. The molecular formula is C23H26N4O4. The first kappa shape index (κ1) is 22.0. The van der Waals surface area contributed by atoms with Crippen molar-refractivity contribution in [1.82, 2.24) is 10.2 Å². The fourth-order valence-electron chi connectivity index (χ4n) is 3.25. The van der Waals surface area contributed by atoms with Crippen LogP contribution in [0.15, 0.2) is 48.5 Å². The number of nitrogens with zero attached hydrogens (tertiary/aromatic N) is 2. The lowest BCUT2D eigenvalue weighted by atomic mass is 10.2. The lowest BCUT2D eigenvalue weighted by Crippen LogP contribution is -2.41. The highest BCUT2D eigenvalue weighted by Gasteiger charge is 2.22. The largest absolute Gasteiger partial charge is 0.343 e. The van der Waals surface area contributed by atoms with Gasteiger partial charge in [0.05, 0.1) is 13.1 Å². The van der Waals surface area contributed by atoms with Crippen molar-refractivity contribution in [3.8, 4) is 0 Å². The van der Waals surface area contributed by atoms with E-state index in [1.54, 1.807) is 41.3 Å². The maximum absolute atomic E-state index is 12.3.